The lowest BCUT2D eigenvalue weighted by molar-refractivity contribution is -0.135. The van der Waals surface area contributed by atoms with Crippen LogP contribution in [0.25, 0.3) is 0 Å². The van der Waals surface area contributed by atoms with Crippen LogP contribution in [0.4, 0.5) is 4.79 Å². The molecule has 4 N–H and O–H groups in total. The Bertz CT molecular complexity index is 1720. The number of thioether (sulfide) groups is 1. The Kier molecular flexibility index (Phi) is 16.5. The van der Waals surface area contributed by atoms with Gasteiger partial charge in [0, 0.05) is 42.1 Å². The summed E-state index contributed by atoms with van der Waals surface area (Å²) in [6.07, 6.45) is 4.96. The zero-order valence-electron chi connectivity index (χ0n) is 34.9. The number of amides is 4. The molecule has 2 aromatic rings. The van der Waals surface area contributed by atoms with Crippen LogP contribution in [0.3, 0.4) is 0 Å². The highest BCUT2D eigenvalue weighted by Crippen LogP contribution is 2.33. The largest absolute Gasteiger partial charge is 0.361 e. The summed E-state index contributed by atoms with van der Waals surface area (Å²) in [5.74, 6) is -1.42. The van der Waals surface area contributed by atoms with Crippen LogP contribution in [0.5, 0.6) is 0 Å². The molecule has 316 valence electrons. The van der Waals surface area contributed by atoms with Crippen LogP contribution in [-0.2, 0) is 41.6 Å². The molecule has 0 spiro atoms. The second kappa shape index (κ2) is 21.3. The standard InChI is InChI=1S/C46H64N4O7S/c1-29(2)22-36(39(52)26-34(24-32-16-10-7-11-17-32)44(55)48-37(23-30(3)4)42(53)46(5)28-57-46)47-43(54)33(21-20-31-14-8-6-9-15-31)25-35(51)18-12-13-19-40-41-38(27-58-40)49-45(56)50-41/h6-11,14-17,29-30,33-34,36-38,40-41H,12-13,18-28H2,1-5H3,(H,47,54)(H,48,55)(H2,49,50,56)/t33-,34-,36+,37+,38+,40?,41+,46-/m1/s1. The Morgan fingerprint density at radius 1 is 0.810 bits per heavy atom. The predicted molar refractivity (Wildman–Crippen MR) is 227 cm³/mol. The Hall–Kier alpha value is -4.03. The van der Waals surface area contributed by atoms with Gasteiger partial charge in [0.15, 0.2) is 11.6 Å². The lowest BCUT2D eigenvalue weighted by Gasteiger charge is -2.27. The van der Waals surface area contributed by atoms with E-state index in [-0.39, 0.29) is 78.4 Å². The zero-order valence-corrected chi connectivity index (χ0v) is 35.7. The number of aryl methyl sites for hydroxylation is 1. The first-order valence-corrected chi connectivity index (χ1v) is 22.4. The molecule has 0 saturated carbocycles. The summed E-state index contributed by atoms with van der Waals surface area (Å²) < 4.78 is 5.44. The molecular formula is C46H64N4O7S. The molecule has 3 fully saturated rings. The fraction of sp³-hybridized carbons (Fsp3) is 0.609. The maximum Gasteiger partial charge on any atom is 0.315 e. The molecule has 0 aliphatic carbocycles. The molecule has 3 aliphatic heterocycles. The van der Waals surface area contributed by atoms with E-state index in [0.717, 1.165) is 29.7 Å². The smallest absolute Gasteiger partial charge is 0.315 e. The quantitative estimate of drug-likeness (QED) is 0.0527. The Balaban J connectivity index is 1.25. The summed E-state index contributed by atoms with van der Waals surface area (Å²) in [5, 5.41) is 12.4. The van der Waals surface area contributed by atoms with Gasteiger partial charge in [-0.25, -0.2) is 4.79 Å². The molecule has 5 rings (SSSR count). The van der Waals surface area contributed by atoms with Gasteiger partial charge in [0.05, 0.1) is 30.8 Å². The van der Waals surface area contributed by atoms with Crippen LogP contribution in [0.1, 0.15) is 104 Å². The number of hydrogen-bond donors (Lipinski definition) is 4. The highest BCUT2D eigenvalue weighted by Gasteiger charge is 2.50. The number of rotatable bonds is 25. The number of unbranched alkanes of at least 4 members (excludes halogenated alkanes) is 1. The van der Waals surface area contributed by atoms with Crippen molar-refractivity contribution < 1.29 is 33.5 Å². The van der Waals surface area contributed by atoms with E-state index in [0.29, 0.717) is 50.4 Å². The van der Waals surface area contributed by atoms with E-state index < -0.39 is 29.5 Å². The van der Waals surface area contributed by atoms with E-state index in [2.05, 4.69) is 21.3 Å². The van der Waals surface area contributed by atoms with Gasteiger partial charge < -0.3 is 26.0 Å². The van der Waals surface area contributed by atoms with E-state index in [1.165, 1.54) is 0 Å². The molecule has 11 nitrogen and oxygen atoms in total. The first-order chi connectivity index (χ1) is 27.7. The van der Waals surface area contributed by atoms with Gasteiger partial charge in [0.25, 0.3) is 0 Å². The van der Waals surface area contributed by atoms with E-state index in [9.17, 15) is 28.8 Å². The van der Waals surface area contributed by atoms with Crippen molar-refractivity contribution in [3.63, 3.8) is 0 Å². The molecule has 3 saturated heterocycles. The van der Waals surface area contributed by atoms with E-state index >= 15 is 0 Å². The van der Waals surface area contributed by atoms with Crippen LogP contribution in [0.15, 0.2) is 60.7 Å². The molecule has 2 aromatic carbocycles. The molecule has 3 heterocycles. The highest BCUT2D eigenvalue weighted by atomic mass is 32.2. The minimum atomic E-state index is -0.908. The number of carbonyl (C=O) groups is 6. The number of hydrogen-bond acceptors (Lipinski definition) is 8. The Morgan fingerprint density at radius 3 is 2.05 bits per heavy atom. The number of Topliss-reactive ketones (excluding diaryl/α,β-unsaturated/α-hetero) is 3. The monoisotopic (exact) mass is 816 g/mol. The summed E-state index contributed by atoms with van der Waals surface area (Å²) >= 11 is 1.86. The van der Waals surface area contributed by atoms with Crippen LogP contribution in [-0.4, -0.2) is 82.6 Å². The number of ether oxygens (including phenoxy) is 1. The van der Waals surface area contributed by atoms with Gasteiger partial charge in [-0.15, -0.1) is 0 Å². The summed E-state index contributed by atoms with van der Waals surface area (Å²) in [6.45, 7) is 10.0. The SMILES string of the molecule is CC(C)C[C@H](NC(=O)[C@H](CCc1ccccc1)CC(=O)CCCCC1SC[C@@H]2NC(=O)N[C@H]12)C(=O)C[C@@H](Cc1ccccc1)C(=O)N[C@@H](CC(C)C)C(=O)[C@@]1(C)CO1. The molecule has 4 amide bonds. The highest BCUT2D eigenvalue weighted by molar-refractivity contribution is 8.00. The summed E-state index contributed by atoms with van der Waals surface area (Å²) in [6, 6.07) is 17.9. The van der Waals surface area contributed by atoms with E-state index in [1.54, 1.807) is 6.92 Å². The lowest BCUT2D eigenvalue weighted by atomic mass is 9.87. The molecule has 8 atom stereocenters. The van der Waals surface area contributed by atoms with Gasteiger partial charge in [-0.05, 0) is 74.8 Å². The van der Waals surface area contributed by atoms with Gasteiger partial charge >= 0.3 is 6.03 Å². The van der Waals surface area contributed by atoms with Crippen LogP contribution in [0, 0.1) is 23.7 Å². The molecule has 1 unspecified atom stereocenters. The summed E-state index contributed by atoms with van der Waals surface area (Å²) in [7, 11) is 0. The number of ketones is 3. The van der Waals surface area contributed by atoms with Crippen molar-refractivity contribution in [2.45, 2.75) is 140 Å². The van der Waals surface area contributed by atoms with Crippen LogP contribution < -0.4 is 21.3 Å². The van der Waals surface area contributed by atoms with Crippen molar-refractivity contribution in [1.82, 2.24) is 21.3 Å². The molecule has 0 aromatic heterocycles. The summed E-state index contributed by atoms with van der Waals surface area (Å²) in [4.78, 5) is 81.2. The van der Waals surface area contributed by atoms with Crippen molar-refractivity contribution in [2.75, 3.05) is 12.4 Å². The van der Waals surface area contributed by atoms with Crippen molar-refractivity contribution >= 4 is 47.0 Å². The van der Waals surface area contributed by atoms with Gasteiger partial charge in [-0.3, -0.25) is 24.0 Å². The fourth-order valence-electron chi connectivity index (χ4n) is 8.18. The zero-order chi connectivity index (χ0) is 41.8. The number of nitrogens with one attached hydrogen (secondary N) is 4. The number of epoxide rings is 1. The van der Waals surface area contributed by atoms with Crippen molar-refractivity contribution in [3.05, 3.63) is 71.8 Å². The van der Waals surface area contributed by atoms with Crippen molar-refractivity contribution in [3.8, 4) is 0 Å². The third-order valence-corrected chi connectivity index (χ3v) is 13.1. The van der Waals surface area contributed by atoms with Gasteiger partial charge in [0.2, 0.25) is 11.8 Å². The fourth-order valence-corrected chi connectivity index (χ4v) is 9.73. The third kappa shape index (κ3) is 13.5. The van der Waals surface area contributed by atoms with Gasteiger partial charge in [-0.1, -0.05) is 94.8 Å². The van der Waals surface area contributed by atoms with Gasteiger partial charge in [0.1, 0.15) is 11.4 Å². The minimum Gasteiger partial charge on any atom is -0.361 e. The first kappa shape index (κ1) is 45.1. The maximum atomic E-state index is 14.3. The second-order valence-corrected chi connectivity index (χ2v) is 18.9. The molecule has 3 aliphatic rings. The second-order valence-electron chi connectivity index (χ2n) is 17.7. The number of benzene rings is 2. The first-order valence-electron chi connectivity index (χ1n) is 21.3. The lowest BCUT2D eigenvalue weighted by Crippen LogP contribution is -2.50. The average Bonchev–Trinajstić information content (AvgIpc) is 3.68. The molecular weight excluding hydrogens is 753 g/mol. The molecule has 58 heavy (non-hydrogen) atoms. The molecule has 12 heteroatoms. The molecule has 0 radical (unpaired) electrons. The minimum absolute atomic E-state index is 0.0169. The average molecular weight is 817 g/mol. The van der Waals surface area contributed by atoms with E-state index in [4.69, 9.17) is 4.74 Å². The molecule has 0 bridgehead atoms. The number of fused-ring (bicyclic) bond motifs is 1. The Labute approximate surface area is 348 Å². The Morgan fingerprint density at radius 2 is 1.41 bits per heavy atom. The normalized spacial score (nSPS) is 22.9. The number of urea groups is 1. The topological polar surface area (TPSA) is 163 Å². The van der Waals surface area contributed by atoms with Gasteiger partial charge in [-0.2, -0.15) is 11.8 Å². The predicted octanol–water partition coefficient (Wildman–Crippen LogP) is 6.16. The van der Waals surface area contributed by atoms with Crippen LogP contribution >= 0.6 is 11.8 Å². The maximum absolute atomic E-state index is 14.3. The van der Waals surface area contributed by atoms with Crippen molar-refractivity contribution in [1.29, 1.82) is 0 Å². The van der Waals surface area contributed by atoms with Crippen LogP contribution in [0.2, 0.25) is 0 Å². The van der Waals surface area contributed by atoms with E-state index in [1.807, 2.05) is 100 Å². The van der Waals surface area contributed by atoms with Crippen molar-refractivity contribution in [2.24, 2.45) is 23.7 Å². The number of carbonyl (C=O) groups excluding carboxylic acids is 6. The third-order valence-electron chi connectivity index (χ3n) is 11.6. The summed E-state index contributed by atoms with van der Waals surface area (Å²) in [5.41, 5.74) is 1.04.